The second-order valence-corrected chi connectivity index (χ2v) is 7.22. The monoisotopic (exact) mass is 370 g/mol. The van der Waals surface area contributed by atoms with Crippen LogP contribution in [0.25, 0.3) is 11.1 Å². The number of nitrogens with zero attached hydrogens (tertiary/aromatic N) is 2. The zero-order valence-electron chi connectivity index (χ0n) is 16.8. The molecule has 0 aliphatic heterocycles. The van der Waals surface area contributed by atoms with Crippen LogP contribution in [0.4, 0.5) is 0 Å². The Morgan fingerprint density at radius 2 is 1.89 bits per heavy atom. The van der Waals surface area contributed by atoms with Crippen LogP contribution in [0.5, 0.6) is 5.88 Å². The summed E-state index contributed by atoms with van der Waals surface area (Å²) in [5.41, 5.74) is 4.29. The normalized spacial score (nSPS) is 11.2. The SMILES string of the molecule is COC(=O)c1cccc(-c2cc(C)c(OCCC(C)(C)N=O)nc2C)c1C. The molecule has 0 atom stereocenters. The van der Waals surface area contributed by atoms with Crippen LogP contribution in [0.15, 0.2) is 29.4 Å². The molecule has 0 fully saturated rings. The van der Waals surface area contributed by atoms with E-state index in [1.807, 2.05) is 39.0 Å². The average Bonchev–Trinajstić information content (AvgIpc) is 2.64. The fraction of sp³-hybridized carbons (Fsp3) is 0.429. The number of carbonyl (C=O) groups is 1. The zero-order valence-corrected chi connectivity index (χ0v) is 16.8. The van der Waals surface area contributed by atoms with Crippen LogP contribution < -0.4 is 4.74 Å². The van der Waals surface area contributed by atoms with E-state index in [2.05, 4.69) is 10.2 Å². The van der Waals surface area contributed by atoms with Gasteiger partial charge in [-0.1, -0.05) is 17.3 Å². The first-order valence-electron chi connectivity index (χ1n) is 8.84. The number of rotatable bonds is 7. The van der Waals surface area contributed by atoms with Crippen molar-refractivity contribution in [3.8, 4) is 17.0 Å². The molecule has 0 aliphatic rings. The first kappa shape index (κ1) is 20.6. The summed E-state index contributed by atoms with van der Waals surface area (Å²) in [5.74, 6) is 0.183. The van der Waals surface area contributed by atoms with E-state index in [4.69, 9.17) is 9.47 Å². The molecule has 0 N–H and O–H groups in total. The van der Waals surface area contributed by atoms with E-state index >= 15 is 0 Å². The molecule has 6 heteroatoms. The number of esters is 1. The molecule has 0 bridgehead atoms. The molecular formula is C21H26N2O4. The third kappa shape index (κ3) is 4.70. The number of aryl methyl sites for hydroxylation is 2. The summed E-state index contributed by atoms with van der Waals surface area (Å²) in [6.45, 7) is 9.64. The number of carbonyl (C=O) groups excluding carboxylic acids is 1. The van der Waals surface area contributed by atoms with E-state index in [1.54, 1.807) is 19.9 Å². The molecule has 27 heavy (non-hydrogen) atoms. The molecule has 0 aliphatic carbocycles. The summed E-state index contributed by atoms with van der Waals surface area (Å²) in [6.07, 6.45) is 0.513. The molecule has 2 aromatic rings. The summed E-state index contributed by atoms with van der Waals surface area (Å²) in [7, 11) is 1.37. The Labute approximate surface area is 159 Å². The van der Waals surface area contributed by atoms with E-state index in [9.17, 15) is 9.70 Å². The van der Waals surface area contributed by atoms with Gasteiger partial charge in [-0.2, -0.15) is 4.91 Å². The first-order chi connectivity index (χ1) is 12.7. The lowest BCUT2D eigenvalue weighted by atomic mass is 9.95. The van der Waals surface area contributed by atoms with Crippen molar-refractivity contribution in [2.45, 2.75) is 46.6 Å². The Morgan fingerprint density at radius 3 is 2.52 bits per heavy atom. The number of hydrogen-bond acceptors (Lipinski definition) is 6. The second kappa shape index (κ2) is 8.29. The summed E-state index contributed by atoms with van der Waals surface area (Å²) in [4.78, 5) is 27.3. The Morgan fingerprint density at radius 1 is 1.19 bits per heavy atom. The highest BCUT2D eigenvalue weighted by Crippen LogP contribution is 2.31. The molecule has 1 aromatic heterocycles. The van der Waals surface area contributed by atoms with Crippen LogP contribution in [-0.4, -0.2) is 30.2 Å². The highest BCUT2D eigenvalue weighted by Gasteiger charge is 2.19. The summed E-state index contributed by atoms with van der Waals surface area (Å²) in [6, 6.07) is 7.55. The fourth-order valence-electron chi connectivity index (χ4n) is 2.80. The van der Waals surface area contributed by atoms with Crippen molar-refractivity contribution in [3.63, 3.8) is 0 Å². The minimum absolute atomic E-state index is 0.358. The zero-order chi connectivity index (χ0) is 20.2. The lowest BCUT2D eigenvalue weighted by molar-refractivity contribution is 0.0600. The van der Waals surface area contributed by atoms with Crippen LogP contribution >= 0.6 is 0 Å². The van der Waals surface area contributed by atoms with Gasteiger partial charge in [0.05, 0.1) is 19.3 Å². The summed E-state index contributed by atoms with van der Waals surface area (Å²) >= 11 is 0. The van der Waals surface area contributed by atoms with Crippen LogP contribution in [0, 0.1) is 25.7 Å². The number of aromatic nitrogens is 1. The van der Waals surface area contributed by atoms with Crippen molar-refractivity contribution in [2.75, 3.05) is 13.7 Å². The Hall–Kier alpha value is -2.76. The predicted octanol–water partition coefficient (Wildman–Crippen LogP) is 4.77. The molecule has 0 radical (unpaired) electrons. The third-order valence-corrected chi connectivity index (χ3v) is 4.59. The number of hydrogen-bond donors (Lipinski definition) is 0. The Kier molecular flexibility index (Phi) is 6.31. The van der Waals surface area contributed by atoms with Gasteiger partial charge in [-0.3, -0.25) is 0 Å². The lowest BCUT2D eigenvalue weighted by Gasteiger charge is -2.17. The molecule has 0 saturated carbocycles. The molecule has 144 valence electrons. The number of methoxy groups -OCH3 is 1. The minimum atomic E-state index is -0.658. The van der Waals surface area contributed by atoms with Gasteiger partial charge in [-0.05, 0) is 57.9 Å². The van der Waals surface area contributed by atoms with Gasteiger partial charge < -0.3 is 9.47 Å². The van der Waals surface area contributed by atoms with Crippen molar-refractivity contribution >= 4 is 5.97 Å². The quantitative estimate of drug-likeness (QED) is 0.518. The molecule has 6 nitrogen and oxygen atoms in total. The van der Waals surface area contributed by atoms with Gasteiger partial charge in [0.15, 0.2) is 0 Å². The van der Waals surface area contributed by atoms with E-state index < -0.39 is 5.54 Å². The van der Waals surface area contributed by atoms with Crippen molar-refractivity contribution in [3.05, 3.63) is 51.6 Å². The summed E-state index contributed by atoms with van der Waals surface area (Å²) in [5, 5.41) is 3.10. The van der Waals surface area contributed by atoms with Gasteiger partial charge in [-0.25, -0.2) is 9.78 Å². The topological polar surface area (TPSA) is 77.9 Å². The van der Waals surface area contributed by atoms with Crippen LogP contribution in [-0.2, 0) is 4.74 Å². The van der Waals surface area contributed by atoms with Crippen molar-refractivity contribution in [1.29, 1.82) is 0 Å². The Balaban J connectivity index is 2.32. The molecule has 1 aromatic carbocycles. The number of ether oxygens (including phenoxy) is 2. The van der Waals surface area contributed by atoms with Gasteiger partial charge >= 0.3 is 5.97 Å². The van der Waals surface area contributed by atoms with Gasteiger partial charge in [0.2, 0.25) is 5.88 Å². The number of nitroso groups, excluding NO2 is 1. The number of benzene rings is 1. The van der Waals surface area contributed by atoms with E-state index in [-0.39, 0.29) is 5.97 Å². The highest BCUT2D eigenvalue weighted by atomic mass is 16.5. The maximum atomic E-state index is 12.0. The van der Waals surface area contributed by atoms with Crippen LogP contribution in [0.3, 0.4) is 0 Å². The molecule has 0 saturated heterocycles. The number of pyridine rings is 1. The van der Waals surface area contributed by atoms with Crippen LogP contribution in [0.1, 0.15) is 47.4 Å². The van der Waals surface area contributed by atoms with E-state index in [1.165, 1.54) is 7.11 Å². The fourth-order valence-corrected chi connectivity index (χ4v) is 2.80. The summed E-state index contributed by atoms with van der Waals surface area (Å²) < 4.78 is 10.6. The Bertz CT molecular complexity index is 860. The maximum Gasteiger partial charge on any atom is 0.338 e. The smallest absolute Gasteiger partial charge is 0.338 e. The standard InChI is InChI=1S/C21H26N2O4/c1-13-12-18(16-8-7-9-17(14(16)2)20(24)26-6)15(3)22-19(13)27-11-10-21(4,5)23-25/h7-9,12H,10-11H2,1-6H3. The van der Waals surface area contributed by atoms with Crippen molar-refractivity contribution in [1.82, 2.24) is 4.98 Å². The van der Waals surface area contributed by atoms with Crippen molar-refractivity contribution < 1.29 is 14.3 Å². The highest BCUT2D eigenvalue weighted by molar-refractivity contribution is 5.93. The molecule has 0 spiro atoms. The molecular weight excluding hydrogens is 344 g/mol. The van der Waals surface area contributed by atoms with Crippen molar-refractivity contribution in [2.24, 2.45) is 5.18 Å². The largest absolute Gasteiger partial charge is 0.477 e. The lowest BCUT2D eigenvalue weighted by Crippen LogP contribution is -2.20. The molecule has 0 amide bonds. The van der Waals surface area contributed by atoms with Gasteiger partial charge in [0.1, 0.15) is 5.54 Å². The average molecular weight is 370 g/mol. The maximum absolute atomic E-state index is 12.0. The first-order valence-corrected chi connectivity index (χ1v) is 8.84. The second-order valence-electron chi connectivity index (χ2n) is 7.22. The third-order valence-electron chi connectivity index (χ3n) is 4.59. The van der Waals surface area contributed by atoms with E-state index in [0.29, 0.717) is 24.5 Å². The predicted molar refractivity (Wildman–Crippen MR) is 105 cm³/mol. The van der Waals surface area contributed by atoms with Crippen LogP contribution in [0.2, 0.25) is 0 Å². The molecule has 1 heterocycles. The molecule has 0 unspecified atom stereocenters. The van der Waals surface area contributed by atoms with E-state index in [0.717, 1.165) is 27.9 Å². The van der Waals surface area contributed by atoms with Gasteiger partial charge in [-0.15, -0.1) is 0 Å². The minimum Gasteiger partial charge on any atom is -0.477 e. The van der Waals surface area contributed by atoms with Gasteiger partial charge in [0.25, 0.3) is 0 Å². The van der Waals surface area contributed by atoms with Gasteiger partial charge in [0, 0.05) is 23.2 Å². The molecule has 2 rings (SSSR count).